The predicted molar refractivity (Wildman–Crippen MR) is 126 cm³/mol. The van der Waals surface area contributed by atoms with Crippen molar-refractivity contribution in [3.8, 4) is 0 Å². The molecule has 0 aromatic heterocycles. The monoisotopic (exact) mass is 429 g/mol. The van der Waals surface area contributed by atoms with Crippen molar-refractivity contribution in [3.05, 3.63) is 35.9 Å². The zero-order valence-electron chi connectivity index (χ0n) is 19.8. The summed E-state index contributed by atoms with van der Waals surface area (Å²) >= 11 is 0. The lowest BCUT2D eigenvalue weighted by Crippen LogP contribution is -2.49. The SMILES string of the molecule is CCNC(=NCC(=O)N1CCC(Cc2ccccc2)CC1)N(C)CC(=O)NC(C)(C)C. The van der Waals surface area contributed by atoms with Crippen LogP contribution in [0, 0.1) is 5.92 Å². The van der Waals surface area contributed by atoms with Crippen LogP contribution < -0.4 is 10.6 Å². The maximum Gasteiger partial charge on any atom is 0.244 e. The van der Waals surface area contributed by atoms with Crippen LogP contribution in [0.2, 0.25) is 0 Å². The number of benzene rings is 1. The Bertz CT molecular complexity index is 734. The molecule has 0 saturated carbocycles. The van der Waals surface area contributed by atoms with Gasteiger partial charge in [0.25, 0.3) is 0 Å². The second-order valence-corrected chi connectivity index (χ2v) is 9.34. The van der Waals surface area contributed by atoms with Gasteiger partial charge in [0.1, 0.15) is 6.54 Å². The quantitative estimate of drug-likeness (QED) is 0.515. The Morgan fingerprint density at radius 1 is 1.16 bits per heavy atom. The molecule has 1 aliphatic rings. The number of likely N-dealkylation sites (N-methyl/N-ethyl adjacent to an activating group) is 1. The standard InChI is InChI=1S/C24H39N5O2/c1-6-25-23(28(5)18-21(30)27-24(2,3)4)26-17-22(31)29-14-12-20(13-15-29)16-19-10-8-7-9-11-19/h7-11,20H,6,12-18H2,1-5H3,(H,25,26)(H,27,30). The van der Waals surface area contributed by atoms with E-state index >= 15 is 0 Å². The number of piperidine rings is 1. The summed E-state index contributed by atoms with van der Waals surface area (Å²) < 4.78 is 0. The third-order valence-electron chi connectivity index (χ3n) is 5.29. The summed E-state index contributed by atoms with van der Waals surface area (Å²) in [5.74, 6) is 1.16. The molecule has 2 amide bonds. The summed E-state index contributed by atoms with van der Waals surface area (Å²) in [5.41, 5.74) is 1.08. The Balaban J connectivity index is 1.84. The summed E-state index contributed by atoms with van der Waals surface area (Å²) in [6.07, 6.45) is 3.13. The molecule has 0 atom stereocenters. The van der Waals surface area contributed by atoms with Crippen LogP contribution in [0.5, 0.6) is 0 Å². The third-order valence-corrected chi connectivity index (χ3v) is 5.29. The van der Waals surface area contributed by atoms with Crippen LogP contribution >= 0.6 is 0 Å². The van der Waals surface area contributed by atoms with Gasteiger partial charge in [-0.25, -0.2) is 4.99 Å². The highest BCUT2D eigenvalue weighted by molar-refractivity contribution is 5.88. The minimum atomic E-state index is -0.282. The normalized spacial score (nSPS) is 15.5. The molecule has 2 rings (SSSR count). The number of carbonyl (C=O) groups excluding carboxylic acids is 2. The first-order valence-corrected chi connectivity index (χ1v) is 11.3. The first-order valence-electron chi connectivity index (χ1n) is 11.3. The van der Waals surface area contributed by atoms with Gasteiger partial charge in [-0.1, -0.05) is 30.3 Å². The Morgan fingerprint density at radius 2 is 1.81 bits per heavy atom. The molecule has 1 aliphatic heterocycles. The number of nitrogens with one attached hydrogen (secondary N) is 2. The molecular formula is C24H39N5O2. The van der Waals surface area contributed by atoms with Crippen molar-refractivity contribution < 1.29 is 9.59 Å². The summed E-state index contributed by atoms with van der Waals surface area (Å²) in [7, 11) is 1.81. The molecule has 0 bridgehead atoms. The van der Waals surface area contributed by atoms with Gasteiger partial charge in [0.05, 0.1) is 6.54 Å². The highest BCUT2D eigenvalue weighted by Crippen LogP contribution is 2.21. The van der Waals surface area contributed by atoms with Gasteiger partial charge < -0.3 is 20.4 Å². The molecule has 7 heteroatoms. The van der Waals surface area contributed by atoms with Gasteiger partial charge in [0.15, 0.2) is 5.96 Å². The number of amides is 2. The lowest BCUT2D eigenvalue weighted by molar-refractivity contribution is -0.131. The average molecular weight is 430 g/mol. The van der Waals surface area contributed by atoms with Gasteiger partial charge in [-0.2, -0.15) is 0 Å². The molecule has 1 heterocycles. The molecule has 31 heavy (non-hydrogen) atoms. The van der Waals surface area contributed by atoms with Gasteiger partial charge in [-0.05, 0) is 58.4 Å². The van der Waals surface area contributed by atoms with Gasteiger partial charge in [0, 0.05) is 32.2 Å². The van der Waals surface area contributed by atoms with Gasteiger partial charge in [-0.15, -0.1) is 0 Å². The lowest BCUT2D eigenvalue weighted by atomic mass is 9.90. The summed E-state index contributed by atoms with van der Waals surface area (Å²) in [6.45, 7) is 10.3. The average Bonchev–Trinajstić information content (AvgIpc) is 2.70. The molecule has 172 valence electrons. The van der Waals surface area contributed by atoms with Crippen LogP contribution in [0.15, 0.2) is 35.3 Å². The molecule has 1 saturated heterocycles. The summed E-state index contributed by atoms with van der Waals surface area (Å²) in [5, 5.41) is 6.11. The third kappa shape index (κ3) is 8.99. The number of hydrogen-bond acceptors (Lipinski definition) is 3. The number of aliphatic imine (C=N–C) groups is 1. The van der Waals surface area contributed by atoms with Crippen molar-refractivity contribution in [2.75, 3.05) is 39.8 Å². The van der Waals surface area contributed by atoms with Crippen LogP contribution in [0.3, 0.4) is 0 Å². The summed E-state index contributed by atoms with van der Waals surface area (Å²) in [6, 6.07) is 10.6. The second kappa shape index (κ2) is 11.7. The molecular weight excluding hydrogens is 390 g/mol. The highest BCUT2D eigenvalue weighted by Gasteiger charge is 2.23. The number of nitrogens with zero attached hydrogens (tertiary/aromatic N) is 3. The number of carbonyl (C=O) groups is 2. The Labute approximate surface area is 187 Å². The Hall–Kier alpha value is -2.57. The van der Waals surface area contributed by atoms with E-state index in [9.17, 15) is 9.59 Å². The minimum Gasteiger partial charge on any atom is -0.356 e. The molecule has 2 N–H and O–H groups in total. The summed E-state index contributed by atoms with van der Waals surface area (Å²) in [4.78, 5) is 33.1. The maximum atomic E-state index is 12.7. The van der Waals surface area contributed by atoms with Crippen molar-refractivity contribution in [3.63, 3.8) is 0 Å². The molecule has 1 aromatic rings. The topological polar surface area (TPSA) is 77.0 Å². The van der Waals surface area contributed by atoms with Crippen LogP contribution in [0.25, 0.3) is 0 Å². The fraction of sp³-hybridized carbons (Fsp3) is 0.625. The van der Waals surface area contributed by atoms with E-state index in [-0.39, 0.29) is 30.4 Å². The van der Waals surface area contributed by atoms with E-state index in [2.05, 4.69) is 39.9 Å². The van der Waals surface area contributed by atoms with E-state index in [1.165, 1.54) is 5.56 Å². The van der Waals surface area contributed by atoms with Gasteiger partial charge in [0.2, 0.25) is 11.8 Å². The Morgan fingerprint density at radius 3 is 2.39 bits per heavy atom. The molecule has 1 fully saturated rings. The number of guanidine groups is 1. The fourth-order valence-corrected chi connectivity index (χ4v) is 3.79. The molecule has 7 nitrogen and oxygen atoms in total. The fourth-order valence-electron chi connectivity index (χ4n) is 3.79. The van der Waals surface area contributed by atoms with Gasteiger partial charge in [-0.3, -0.25) is 9.59 Å². The number of hydrogen-bond donors (Lipinski definition) is 2. The van der Waals surface area contributed by atoms with Gasteiger partial charge >= 0.3 is 0 Å². The second-order valence-electron chi connectivity index (χ2n) is 9.34. The first kappa shape index (κ1) is 24.7. The van der Waals surface area contributed by atoms with E-state index in [1.807, 2.05) is 45.7 Å². The van der Waals surface area contributed by atoms with Crippen molar-refractivity contribution in [1.29, 1.82) is 0 Å². The predicted octanol–water partition coefficient (Wildman–Crippen LogP) is 2.28. The molecule has 0 spiro atoms. The van der Waals surface area contributed by atoms with Crippen LogP contribution in [0.1, 0.15) is 46.1 Å². The van der Waals surface area contributed by atoms with Crippen LogP contribution in [0.4, 0.5) is 0 Å². The lowest BCUT2D eigenvalue weighted by Gasteiger charge is -2.32. The smallest absolute Gasteiger partial charge is 0.244 e. The van der Waals surface area contributed by atoms with E-state index in [0.717, 1.165) is 32.4 Å². The van der Waals surface area contributed by atoms with Crippen molar-refractivity contribution in [2.24, 2.45) is 10.9 Å². The molecule has 0 unspecified atom stereocenters. The number of likely N-dealkylation sites (tertiary alicyclic amines) is 1. The zero-order chi connectivity index (χ0) is 22.9. The van der Waals surface area contributed by atoms with E-state index in [1.54, 1.807) is 4.90 Å². The van der Waals surface area contributed by atoms with Crippen LogP contribution in [-0.4, -0.2) is 72.9 Å². The number of rotatable bonds is 7. The largest absolute Gasteiger partial charge is 0.356 e. The minimum absolute atomic E-state index is 0.0427. The van der Waals surface area contributed by atoms with E-state index in [4.69, 9.17) is 0 Å². The first-order chi connectivity index (χ1) is 14.7. The van der Waals surface area contributed by atoms with E-state index < -0.39 is 0 Å². The molecule has 0 radical (unpaired) electrons. The Kier molecular flexibility index (Phi) is 9.34. The highest BCUT2D eigenvalue weighted by atomic mass is 16.2. The molecule has 1 aromatic carbocycles. The van der Waals surface area contributed by atoms with Crippen molar-refractivity contribution in [1.82, 2.24) is 20.4 Å². The van der Waals surface area contributed by atoms with E-state index in [0.29, 0.717) is 18.4 Å². The van der Waals surface area contributed by atoms with Crippen molar-refractivity contribution >= 4 is 17.8 Å². The van der Waals surface area contributed by atoms with Crippen molar-refractivity contribution in [2.45, 2.75) is 52.5 Å². The zero-order valence-corrected chi connectivity index (χ0v) is 19.8. The molecule has 0 aliphatic carbocycles. The maximum absolute atomic E-state index is 12.7. The van der Waals surface area contributed by atoms with Crippen LogP contribution in [-0.2, 0) is 16.0 Å².